The lowest BCUT2D eigenvalue weighted by molar-refractivity contribution is 0.573. The van der Waals surface area contributed by atoms with E-state index in [-0.39, 0.29) is 0 Å². The minimum atomic E-state index is 0.841. The third kappa shape index (κ3) is 2.20. The van der Waals surface area contributed by atoms with E-state index in [1.807, 2.05) is 17.5 Å². The minimum absolute atomic E-state index is 0.841. The van der Waals surface area contributed by atoms with Crippen molar-refractivity contribution in [1.29, 1.82) is 0 Å². The molecule has 112 valence electrons. The van der Waals surface area contributed by atoms with Crippen LogP contribution in [0.2, 0.25) is 0 Å². The van der Waals surface area contributed by atoms with Gasteiger partial charge in [0.05, 0.1) is 23.3 Å². The molecule has 6 heteroatoms. The predicted molar refractivity (Wildman–Crippen MR) is 84.8 cm³/mol. The zero-order valence-electron chi connectivity index (χ0n) is 12.6. The smallest absolute Gasteiger partial charge is 0.156 e. The second-order valence-electron chi connectivity index (χ2n) is 5.66. The molecule has 0 unspecified atom stereocenters. The molecular weight excluding hydrogens is 276 g/mol. The Balaban J connectivity index is 1.80. The highest BCUT2D eigenvalue weighted by Crippen LogP contribution is 2.26. The molecule has 0 aromatic carbocycles. The van der Waals surface area contributed by atoms with Crippen LogP contribution in [0, 0.1) is 6.92 Å². The van der Waals surface area contributed by atoms with Crippen molar-refractivity contribution in [2.75, 3.05) is 18.0 Å². The Bertz CT molecular complexity index is 803. The highest BCUT2D eigenvalue weighted by molar-refractivity contribution is 5.65. The van der Waals surface area contributed by atoms with Crippen molar-refractivity contribution in [3.8, 4) is 11.4 Å². The van der Waals surface area contributed by atoms with E-state index in [9.17, 15) is 0 Å². The van der Waals surface area contributed by atoms with Gasteiger partial charge < -0.3 is 4.90 Å². The second kappa shape index (κ2) is 5.36. The van der Waals surface area contributed by atoms with Crippen LogP contribution in [0.5, 0.6) is 0 Å². The first-order valence-corrected chi connectivity index (χ1v) is 7.69. The van der Waals surface area contributed by atoms with Crippen LogP contribution in [0.25, 0.3) is 17.0 Å². The van der Waals surface area contributed by atoms with Gasteiger partial charge in [-0.15, -0.1) is 0 Å². The minimum Gasteiger partial charge on any atom is -0.357 e. The van der Waals surface area contributed by atoms with Crippen LogP contribution in [0.4, 0.5) is 5.82 Å². The molecule has 0 spiro atoms. The van der Waals surface area contributed by atoms with Crippen LogP contribution in [-0.2, 0) is 0 Å². The zero-order valence-corrected chi connectivity index (χ0v) is 12.6. The zero-order chi connectivity index (χ0) is 14.9. The Morgan fingerprint density at radius 1 is 1.09 bits per heavy atom. The first kappa shape index (κ1) is 13.2. The number of piperidine rings is 1. The highest BCUT2D eigenvalue weighted by Gasteiger charge is 2.16. The van der Waals surface area contributed by atoms with Crippen LogP contribution in [0.3, 0.4) is 0 Å². The molecule has 3 aromatic rings. The Morgan fingerprint density at radius 2 is 1.95 bits per heavy atom. The van der Waals surface area contributed by atoms with Crippen molar-refractivity contribution < 1.29 is 0 Å². The molecule has 6 nitrogen and oxygen atoms in total. The third-order valence-electron chi connectivity index (χ3n) is 4.18. The number of aromatic nitrogens is 5. The molecule has 3 aromatic heterocycles. The molecule has 0 aliphatic carbocycles. The number of hydrogen-bond acceptors (Lipinski definition) is 5. The fourth-order valence-corrected chi connectivity index (χ4v) is 3.11. The molecule has 1 fully saturated rings. The molecule has 22 heavy (non-hydrogen) atoms. The fraction of sp³-hybridized carbons (Fsp3) is 0.375. The van der Waals surface area contributed by atoms with Crippen molar-refractivity contribution in [2.45, 2.75) is 26.2 Å². The monoisotopic (exact) mass is 294 g/mol. The van der Waals surface area contributed by atoms with Gasteiger partial charge in [0.2, 0.25) is 0 Å². The Labute approximate surface area is 128 Å². The van der Waals surface area contributed by atoms with E-state index in [0.717, 1.165) is 41.6 Å². The van der Waals surface area contributed by atoms with E-state index in [4.69, 9.17) is 0 Å². The van der Waals surface area contributed by atoms with E-state index in [1.165, 1.54) is 19.3 Å². The van der Waals surface area contributed by atoms with Gasteiger partial charge in [-0.05, 0) is 26.2 Å². The lowest BCUT2D eigenvalue weighted by Gasteiger charge is -2.27. The number of imidazole rings is 1. The van der Waals surface area contributed by atoms with E-state index in [1.54, 1.807) is 18.7 Å². The molecule has 0 bridgehead atoms. The quantitative estimate of drug-likeness (QED) is 0.726. The van der Waals surface area contributed by atoms with E-state index in [0.29, 0.717) is 0 Å². The van der Waals surface area contributed by atoms with Crippen LogP contribution in [0.1, 0.15) is 25.0 Å². The average Bonchev–Trinajstić information content (AvgIpc) is 2.91. The Hall–Kier alpha value is -2.50. The molecule has 0 N–H and O–H groups in total. The molecular formula is C16H18N6. The van der Waals surface area contributed by atoms with Gasteiger partial charge in [-0.2, -0.15) is 0 Å². The van der Waals surface area contributed by atoms with E-state index in [2.05, 4.69) is 30.9 Å². The van der Waals surface area contributed by atoms with Crippen molar-refractivity contribution in [1.82, 2.24) is 24.3 Å². The van der Waals surface area contributed by atoms with Gasteiger partial charge in [0.15, 0.2) is 5.65 Å². The summed E-state index contributed by atoms with van der Waals surface area (Å²) >= 11 is 0. The summed E-state index contributed by atoms with van der Waals surface area (Å²) in [5.74, 6) is 1.01. The molecule has 4 heterocycles. The molecule has 0 radical (unpaired) electrons. The summed E-state index contributed by atoms with van der Waals surface area (Å²) in [7, 11) is 0. The van der Waals surface area contributed by atoms with Gasteiger partial charge in [-0.25, -0.2) is 15.0 Å². The molecule has 1 aliphatic rings. The topological polar surface area (TPSA) is 59.2 Å². The van der Waals surface area contributed by atoms with Crippen molar-refractivity contribution in [2.24, 2.45) is 0 Å². The first-order valence-electron chi connectivity index (χ1n) is 7.69. The van der Waals surface area contributed by atoms with E-state index < -0.39 is 0 Å². The van der Waals surface area contributed by atoms with Gasteiger partial charge in [-0.1, -0.05) is 0 Å². The molecule has 0 atom stereocenters. The third-order valence-corrected chi connectivity index (χ3v) is 4.18. The van der Waals surface area contributed by atoms with Gasteiger partial charge >= 0.3 is 0 Å². The number of aryl methyl sites for hydroxylation is 1. The maximum absolute atomic E-state index is 4.56. The van der Waals surface area contributed by atoms with Crippen LogP contribution < -0.4 is 4.90 Å². The number of hydrogen-bond donors (Lipinski definition) is 0. The average molecular weight is 294 g/mol. The lowest BCUT2D eigenvalue weighted by Crippen LogP contribution is -2.30. The highest BCUT2D eigenvalue weighted by atomic mass is 15.2. The van der Waals surface area contributed by atoms with Crippen molar-refractivity contribution >= 4 is 11.5 Å². The summed E-state index contributed by atoms with van der Waals surface area (Å²) in [6, 6.07) is 2.07. The van der Waals surface area contributed by atoms with Crippen LogP contribution in [0.15, 0.2) is 31.0 Å². The fourth-order valence-electron chi connectivity index (χ4n) is 3.11. The Kier molecular flexibility index (Phi) is 3.21. The summed E-state index contributed by atoms with van der Waals surface area (Å²) in [4.78, 5) is 20.0. The molecule has 0 amide bonds. The van der Waals surface area contributed by atoms with Gasteiger partial charge in [0.25, 0.3) is 0 Å². The maximum atomic E-state index is 4.56. The summed E-state index contributed by atoms with van der Waals surface area (Å²) in [6.45, 7) is 4.16. The predicted octanol–water partition coefficient (Wildman–Crippen LogP) is 2.49. The van der Waals surface area contributed by atoms with Gasteiger partial charge in [0, 0.05) is 31.5 Å². The lowest BCUT2D eigenvalue weighted by atomic mass is 10.1. The summed E-state index contributed by atoms with van der Waals surface area (Å²) in [5, 5.41) is 0. The van der Waals surface area contributed by atoms with Crippen molar-refractivity contribution in [3.63, 3.8) is 0 Å². The molecule has 1 aliphatic heterocycles. The molecule has 1 saturated heterocycles. The summed E-state index contributed by atoms with van der Waals surface area (Å²) in [5.41, 5.74) is 3.72. The largest absolute Gasteiger partial charge is 0.357 e. The summed E-state index contributed by atoms with van der Waals surface area (Å²) in [6.07, 6.45) is 10.9. The SMILES string of the molecule is Cc1nc2cnccn2c1-c1cc(N2CCCCC2)ncn1. The number of anilines is 1. The standard InChI is InChI=1S/C16H18N6/c1-12-16(22-8-5-17-10-15(22)20-12)13-9-14(19-11-18-13)21-6-3-2-4-7-21/h5,8-11H,2-4,6-7H2,1H3. The Morgan fingerprint density at radius 3 is 2.82 bits per heavy atom. The molecule has 4 rings (SSSR count). The van der Waals surface area contributed by atoms with Gasteiger partial charge in [-0.3, -0.25) is 9.38 Å². The van der Waals surface area contributed by atoms with Crippen LogP contribution >= 0.6 is 0 Å². The second-order valence-corrected chi connectivity index (χ2v) is 5.66. The van der Waals surface area contributed by atoms with E-state index >= 15 is 0 Å². The number of rotatable bonds is 2. The normalized spacial score (nSPS) is 15.4. The first-order chi connectivity index (χ1) is 10.8. The molecule has 0 saturated carbocycles. The number of fused-ring (bicyclic) bond motifs is 1. The maximum Gasteiger partial charge on any atom is 0.156 e. The van der Waals surface area contributed by atoms with Gasteiger partial charge in [0.1, 0.15) is 12.1 Å². The number of nitrogens with zero attached hydrogens (tertiary/aromatic N) is 6. The van der Waals surface area contributed by atoms with Crippen molar-refractivity contribution in [3.05, 3.63) is 36.7 Å². The van der Waals surface area contributed by atoms with Crippen LogP contribution in [-0.4, -0.2) is 37.4 Å². The summed E-state index contributed by atoms with van der Waals surface area (Å²) < 4.78 is 2.03.